The van der Waals surface area contributed by atoms with E-state index in [9.17, 15) is 0 Å². The van der Waals surface area contributed by atoms with Gasteiger partial charge in [0, 0.05) is 11.6 Å². The first-order valence-corrected chi connectivity index (χ1v) is 6.57. The SMILES string of the molecule is CC(C)Oc1nc(NN)nc(NCc2nccs2)n1. The van der Waals surface area contributed by atoms with Crippen molar-refractivity contribution in [2.24, 2.45) is 5.84 Å². The molecule has 0 aliphatic rings. The predicted molar refractivity (Wildman–Crippen MR) is 72.8 cm³/mol. The van der Waals surface area contributed by atoms with E-state index in [1.807, 2.05) is 19.2 Å². The fourth-order valence-corrected chi connectivity index (χ4v) is 1.81. The van der Waals surface area contributed by atoms with Crippen LogP contribution in [0.25, 0.3) is 0 Å². The number of rotatable bonds is 6. The molecule has 0 atom stereocenters. The second kappa shape index (κ2) is 6.25. The molecule has 0 spiro atoms. The molecule has 0 amide bonds. The molecule has 19 heavy (non-hydrogen) atoms. The first kappa shape index (κ1) is 13.4. The molecular formula is C10H15N7OS. The maximum absolute atomic E-state index is 5.42. The maximum Gasteiger partial charge on any atom is 0.323 e. The molecule has 2 aromatic heterocycles. The molecule has 2 aromatic rings. The van der Waals surface area contributed by atoms with Crippen LogP contribution < -0.4 is 21.3 Å². The third-order valence-corrected chi connectivity index (χ3v) is 2.75. The molecule has 102 valence electrons. The van der Waals surface area contributed by atoms with Crippen molar-refractivity contribution in [2.75, 3.05) is 10.7 Å². The molecule has 0 aliphatic heterocycles. The number of nitrogens with two attached hydrogens (primary N) is 1. The van der Waals surface area contributed by atoms with Crippen molar-refractivity contribution < 1.29 is 4.74 Å². The van der Waals surface area contributed by atoms with Crippen molar-refractivity contribution >= 4 is 23.2 Å². The third kappa shape index (κ3) is 4.00. The summed E-state index contributed by atoms with van der Waals surface area (Å²) in [5.41, 5.74) is 2.38. The van der Waals surface area contributed by atoms with E-state index in [1.165, 1.54) is 0 Å². The van der Waals surface area contributed by atoms with Crippen LogP contribution in [0.1, 0.15) is 18.9 Å². The molecule has 0 bridgehead atoms. The average Bonchev–Trinajstić information content (AvgIpc) is 2.88. The van der Waals surface area contributed by atoms with Crippen LogP contribution in [0.3, 0.4) is 0 Å². The fourth-order valence-electron chi connectivity index (χ4n) is 1.26. The lowest BCUT2D eigenvalue weighted by molar-refractivity contribution is 0.222. The number of nitrogens with zero attached hydrogens (tertiary/aromatic N) is 4. The van der Waals surface area contributed by atoms with E-state index in [2.05, 4.69) is 30.7 Å². The normalized spacial score (nSPS) is 10.5. The molecule has 8 nitrogen and oxygen atoms in total. The standard InChI is InChI=1S/C10H15N7OS/c1-6(2)18-10-15-8(14-9(16-10)17-11)13-5-7-12-3-4-19-7/h3-4,6H,5,11H2,1-2H3,(H2,13,14,15,16,17). The number of hydrogen-bond acceptors (Lipinski definition) is 9. The minimum Gasteiger partial charge on any atom is -0.461 e. The van der Waals surface area contributed by atoms with Gasteiger partial charge in [0.2, 0.25) is 11.9 Å². The molecule has 9 heteroatoms. The summed E-state index contributed by atoms with van der Waals surface area (Å²) in [5, 5.41) is 5.89. The molecule has 0 aliphatic carbocycles. The highest BCUT2D eigenvalue weighted by molar-refractivity contribution is 7.09. The van der Waals surface area contributed by atoms with Gasteiger partial charge in [-0.1, -0.05) is 0 Å². The van der Waals surface area contributed by atoms with Gasteiger partial charge in [0.25, 0.3) is 0 Å². The molecule has 4 N–H and O–H groups in total. The van der Waals surface area contributed by atoms with Gasteiger partial charge in [-0.05, 0) is 13.8 Å². The minimum atomic E-state index is -0.0279. The van der Waals surface area contributed by atoms with Crippen molar-refractivity contribution in [2.45, 2.75) is 26.5 Å². The predicted octanol–water partition coefficient (Wildman–Crippen LogP) is 1.01. The van der Waals surface area contributed by atoms with Crippen molar-refractivity contribution in [3.05, 3.63) is 16.6 Å². The maximum atomic E-state index is 5.42. The first-order chi connectivity index (χ1) is 9.17. The Morgan fingerprint density at radius 2 is 2.11 bits per heavy atom. The average molecular weight is 281 g/mol. The lowest BCUT2D eigenvalue weighted by atomic mass is 10.5. The highest BCUT2D eigenvalue weighted by Gasteiger charge is 2.08. The molecule has 0 aromatic carbocycles. The first-order valence-electron chi connectivity index (χ1n) is 5.69. The van der Waals surface area contributed by atoms with Crippen LogP contribution in [0.15, 0.2) is 11.6 Å². The quantitative estimate of drug-likeness (QED) is 0.531. The molecule has 0 unspecified atom stereocenters. The number of thiazole rings is 1. The smallest absolute Gasteiger partial charge is 0.323 e. The van der Waals surface area contributed by atoms with Crippen molar-refractivity contribution in [3.63, 3.8) is 0 Å². The van der Waals surface area contributed by atoms with Gasteiger partial charge in [-0.15, -0.1) is 11.3 Å². The zero-order valence-corrected chi connectivity index (χ0v) is 11.4. The molecule has 0 saturated heterocycles. The van der Waals surface area contributed by atoms with Crippen molar-refractivity contribution in [1.82, 2.24) is 19.9 Å². The van der Waals surface area contributed by atoms with E-state index in [0.29, 0.717) is 12.5 Å². The summed E-state index contributed by atoms with van der Waals surface area (Å²) in [6.07, 6.45) is 1.72. The Kier molecular flexibility index (Phi) is 4.42. The van der Waals surface area contributed by atoms with Gasteiger partial charge in [0.1, 0.15) is 5.01 Å². The van der Waals surface area contributed by atoms with Crippen molar-refractivity contribution in [3.8, 4) is 6.01 Å². The van der Waals surface area contributed by atoms with Gasteiger partial charge in [-0.3, -0.25) is 5.43 Å². The van der Waals surface area contributed by atoms with E-state index >= 15 is 0 Å². The number of hydrogen-bond donors (Lipinski definition) is 3. The topological polar surface area (TPSA) is 111 Å². The lowest BCUT2D eigenvalue weighted by Gasteiger charge is -2.10. The molecular weight excluding hydrogens is 266 g/mol. The Morgan fingerprint density at radius 3 is 2.74 bits per heavy atom. The van der Waals surface area contributed by atoms with Crippen LogP contribution in [0.2, 0.25) is 0 Å². The molecule has 0 fully saturated rings. The van der Waals surface area contributed by atoms with Crippen LogP contribution in [0.4, 0.5) is 11.9 Å². The molecule has 2 heterocycles. The summed E-state index contributed by atoms with van der Waals surface area (Å²) in [5.74, 6) is 5.94. The van der Waals surface area contributed by atoms with E-state index in [0.717, 1.165) is 5.01 Å². The number of ether oxygens (including phenoxy) is 1. The Balaban J connectivity index is 2.09. The second-order valence-electron chi connectivity index (χ2n) is 3.86. The molecule has 2 rings (SSSR count). The zero-order valence-electron chi connectivity index (χ0n) is 10.6. The van der Waals surface area contributed by atoms with Gasteiger partial charge in [-0.2, -0.15) is 15.0 Å². The van der Waals surface area contributed by atoms with E-state index in [1.54, 1.807) is 17.5 Å². The highest BCUT2D eigenvalue weighted by atomic mass is 32.1. The zero-order chi connectivity index (χ0) is 13.7. The fraction of sp³-hybridized carbons (Fsp3) is 0.400. The summed E-state index contributed by atoms with van der Waals surface area (Å²) in [7, 11) is 0. The lowest BCUT2D eigenvalue weighted by Crippen LogP contribution is -2.16. The van der Waals surface area contributed by atoms with E-state index < -0.39 is 0 Å². The largest absolute Gasteiger partial charge is 0.461 e. The Bertz CT molecular complexity index is 517. The van der Waals surface area contributed by atoms with Gasteiger partial charge < -0.3 is 10.1 Å². The highest BCUT2D eigenvalue weighted by Crippen LogP contribution is 2.13. The summed E-state index contributed by atoms with van der Waals surface area (Å²) in [6.45, 7) is 4.32. The van der Waals surface area contributed by atoms with Crippen molar-refractivity contribution in [1.29, 1.82) is 0 Å². The minimum absolute atomic E-state index is 0.0279. The summed E-state index contributed by atoms with van der Waals surface area (Å²) >= 11 is 1.55. The monoisotopic (exact) mass is 281 g/mol. The number of anilines is 2. The van der Waals surface area contributed by atoms with Gasteiger partial charge in [0.15, 0.2) is 0 Å². The number of nitrogen functional groups attached to an aromatic ring is 1. The summed E-state index contributed by atoms with van der Waals surface area (Å²) in [6, 6.07) is 0.222. The van der Waals surface area contributed by atoms with E-state index in [4.69, 9.17) is 10.6 Å². The Labute approximate surface area is 114 Å². The van der Waals surface area contributed by atoms with Crippen LogP contribution in [-0.2, 0) is 6.54 Å². The van der Waals surface area contributed by atoms with Crippen LogP contribution >= 0.6 is 11.3 Å². The molecule has 0 radical (unpaired) electrons. The van der Waals surface area contributed by atoms with Crippen LogP contribution in [0.5, 0.6) is 6.01 Å². The molecule has 0 saturated carbocycles. The summed E-state index contributed by atoms with van der Waals surface area (Å²) < 4.78 is 5.42. The van der Waals surface area contributed by atoms with E-state index in [-0.39, 0.29) is 18.1 Å². The summed E-state index contributed by atoms with van der Waals surface area (Å²) in [4.78, 5) is 16.4. The number of nitrogens with one attached hydrogen (secondary N) is 2. The van der Waals surface area contributed by atoms with Gasteiger partial charge in [0.05, 0.1) is 12.6 Å². The van der Waals surface area contributed by atoms with Crippen LogP contribution in [0, 0.1) is 0 Å². The number of hydrazine groups is 1. The van der Waals surface area contributed by atoms with Gasteiger partial charge in [-0.25, -0.2) is 10.8 Å². The Morgan fingerprint density at radius 1 is 1.32 bits per heavy atom. The second-order valence-corrected chi connectivity index (χ2v) is 4.83. The number of aromatic nitrogens is 4. The van der Waals surface area contributed by atoms with Gasteiger partial charge >= 0.3 is 6.01 Å². The Hall–Kier alpha value is -2.00. The van der Waals surface area contributed by atoms with Crippen LogP contribution in [-0.4, -0.2) is 26.0 Å². The third-order valence-electron chi connectivity index (χ3n) is 1.97.